The third-order valence-corrected chi connectivity index (χ3v) is 8.91. The minimum Gasteiger partial charge on any atom is -1.00 e. The summed E-state index contributed by atoms with van der Waals surface area (Å²) in [7, 11) is 5.61. The van der Waals surface area contributed by atoms with Gasteiger partial charge in [0.15, 0.2) is 17.2 Å². The number of methoxy groups -OCH3 is 1. The van der Waals surface area contributed by atoms with Gasteiger partial charge in [-0.2, -0.15) is 0 Å². The zero-order valence-corrected chi connectivity index (χ0v) is 26.6. The number of benzene rings is 3. The Morgan fingerprint density at radius 2 is 1.78 bits per heavy atom. The van der Waals surface area contributed by atoms with Gasteiger partial charge in [0.05, 0.1) is 24.3 Å². The largest absolute Gasteiger partial charge is 1.00 e. The monoisotopic (exact) mass is 690 g/mol. The van der Waals surface area contributed by atoms with Gasteiger partial charge in [-0.1, -0.05) is 30.3 Å². The number of amides is 1. The lowest BCUT2D eigenvalue weighted by Crippen LogP contribution is -3.00. The van der Waals surface area contributed by atoms with E-state index in [1.807, 2.05) is 67.7 Å². The average molecular weight is 691 g/mol. The van der Waals surface area contributed by atoms with Crippen molar-refractivity contribution in [1.82, 2.24) is 9.38 Å². The smallest absolute Gasteiger partial charge is 0.361 e. The van der Waals surface area contributed by atoms with Crippen molar-refractivity contribution in [3.8, 4) is 17.2 Å². The van der Waals surface area contributed by atoms with E-state index in [-0.39, 0.29) is 41.2 Å². The molecule has 1 amide bonds. The maximum Gasteiger partial charge on any atom is 0.361 e. The number of para-hydroxylation sites is 1. The molecule has 3 atom stereocenters. The van der Waals surface area contributed by atoms with Gasteiger partial charge in [-0.3, -0.25) is 4.79 Å². The Kier molecular flexibility index (Phi) is 10.2. The van der Waals surface area contributed by atoms with Crippen LogP contribution in [-0.2, 0) is 20.7 Å². The molecular weight excluding hydrogens is 655 g/mol. The lowest BCUT2D eigenvalue weighted by Gasteiger charge is -2.34. The van der Waals surface area contributed by atoms with Crippen molar-refractivity contribution >= 4 is 29.3 Å². The molecule has 3 aromatic carbocycles. The van der Waals surface area contributed by atoms with Crippen molar-refractivity contribution in [3.63, 3.8) is 0 Å². The summed E-state index contributed by atoms with van der Waals surface area (Å²) in [5.74, 6) is 1.67. The highest BCUT2D eigenvalue weighted by molar-refractivity contribution is 7.99. The minimum atomic E-state index is -0.952. The number of likely N-dealkylation sites (N-methyl/N-ethyl adjacent to an activating group) is 2. The summed E-state index contributed by atoms with van der Waals surface area (Å²) in [5.41, 5.74) is 2.98. The number of carbonyl (C=O) groups is 2. The number of quaternary nitrogens is 1. The number of hydrogen-bond acceptors (Lipinski definition) is 8. The van der Waals surface area contributed by atoms with Crippen LogP contribution in [0, 0.1) is 0 Å². The van der Waals surface area contributed by atoms with Gasteiger partial charge < -0.3 is 47.8 Å². The van der Waals surface area contributed by atoms with E-state index in [1.165, 1.54) is 12.5 Å². The van der Waals surface area contributed by atoms with Gasteiger partial charge in [-0.25, -0.2) is 9.28 Å². The topological polar surface area (TPSA) is 74.3 Å². The van der Waals surface area contributed by atoms with Crippen LogP contribution in [0.15, 0.2) is 71.6 Å². The quantitative estimate of drug-likeness (QED) is 0.192. The van der Waals surface area contributed by atoms with E-state index in [9.17, 15) is 9.59 Å². The fourth-order valence-corrected chi connectivity index (χ4v) is 6.56. The van der Waals surface area contributed by atoms with E-state index < -0.39 is 17.3 Å². The first-order valence-electron chi connectivity index (χ1n) is 13.3. The molecule has 0 aromatic heterocycles. The van der Waals surface area contributed by atoms with Gasteiger partial charge >= 0.3 is 11.9 Å². The van der Waals surface area contributed by atoms with Crippen molar-refractivity contribution in [1.29, 1.82) is 0 Å². The number of esters is 1. The Bertz CT molecular complexity index is 1390. The van der Waals surface area contributed by atoms with Crippen LogP contribution in [0.5, 0.6) is 17.2 Å². The van der Waals surface area contributed by atoms with Crippen LogP contribution < -0.4 is 42.7 Å². The molecule has 2 heterocycles. The van der Waals surface area contributed by atoms with Crippen LogP contribution in [0.25, 0.3) is 0 Å². The third kappa shape index (κ3) is 6.82. The lowest BCUT2D eigenvalue weighted by molar-refractivity contribution is -0.157. The number of rotatable bonds is 9. The molecule has 0 bridgehead atoms. The summed E-state index contributed by atoms with van der Waals surface area (Å²) in [6, 6.07) is 21.6. The highest BCUT2D eigenvalue weighted by atomic mass is 127. The van der Waals surface area contributed by atoms with Crippen molar-refractivity contribution in [3.05, 3.63) is 77.9 Å². The fraction of sp³-hybridized carbons (Fsp3) is 0.355. The van der Waals surface area contributed by atoms with Crippen LogP contribution in [0.1, 0.15) is 23.3 Å². The molecule has 41 heavy (non-hydrogen) atoms. The molecule has 2 aliphatic heterocycles. The van der Waals surface area contributed by atoms with Gasteiger partial charge in [0.2, 0.25) is 12.9 Å². The van der Waals surface area contributed by atoms with Gasteiger partial charge in [-0.05, 0) is 54.9 Å². The van der Waals surface area contributed by atoms with Crippen molar-refractivity contribution < 1.29 is 52.5 Å². The molecule has 0 N–H and O–H groups in total. The Hall–Kier alpha value is -2.80. The normalized spacial score (nSPS) is 21.0. The Morgan fingerprint density at radius 3 is 2.51 bits per heavy atom. The van der Waals surface area contributed by atoms with E-state index >= 15 is 0 Å². The zero-order chi connectivity index (χ0) is 28.3. The standard InChI is InChI=1S/C31H35N2O6S.HI/c1-21(34)39-29-30(23-10-12-24(36-4)13-11-23)40-28-8-6-5-7-25(28)33(3,31(29)35)18-17-32(2)16-15-22-9-14-26-27(19-22)38-20-37-26;/h5-14,19,29-30H,15-18,20H2,1-4H3;1H/q+1;/p-1/t29-,30+,33?;/m0./s1. The van der Waals surface area contributed by atoms with Gasteiger partial charge in [0, 0.05) is 26.1 Å². The number of ether oxygens (including phenoxy) is 4. The third-order valence-electron chi connectivity index (χ3n) is 7.54. The van der Waals surface area contributed by atoms with Gasteiger partial charge in [0.1, 0.15) is 12.3 Å². The lowest BCUT2D eigenvalue weighted by atomic mass is 10.0. The molecule has 0 fully saturated rings. The highest BCUT2D eigenvalue weighted by Gasteiger charge is 2.50. The number of thioether (sulfide) groups is 1. The van der Waals surface area contributed by atoms with Crippen LogP contribution in [0.2, 0.25) is 0 Å². The summed E-state index contributed by atoms with van der Waals surface area (Å²) in [6.45, 7) is 3.63. The second-order valence-corrected chi connectivity index (χ2v) is 11.5. The van der Waals surface area contributed by atoms with E-state index in [1.54, 1.807) is 18.9 Å². The highest BCUT2D eigenvalue weighted by Crippen LogP contribution is 2.48. The number of halogens is 1. The summed E-state index contributed by atoms with van der Waals surface area (Å²) in [6.07, 6.45) is -0.112. The van der Waals surface area contributed by atoms with E-state index in [2.05, 4.69) is 18.0 Å². The van der Waals surface area contributed by atoms with E-state index in [0.717, 1.165) is 46.4 Å². The van der Waals surface area contributed by atoms with Crippen molar-refractivity contribution in [2.45, 2.75) is 29.6 Å². The number of hydrogen-bond donors (Lipinski definition) is 0. The maximum absolute atomic E-state index is 14.4. The Balaban J connectivity index is 0.00000387. The predicted octanol–water partition coefficient (Wildman–Crippen LogP) is 1.84. The second-order valence-electron chi connectivity index (χ2n) is 10.3. The zero-order valence-electron chi connectivity index (χ0n) is 23.7. The number of carbonyl (C=O) groups excluding carboxylic acids is 2. The molecule has 218 valence electrons. The van der Waals surface area contributed by atoms with E-state index in [4.69, 9.17) is 18.9 Å². The van der Waals surface area contributed by atoms with Gasteiger partial charge in [0.25, 0.3) is 0 Å². The van der Waals surface area contributed by atoms with Crippen LogP contribution in [0.4, 0.5) is 5.69 Å². The average Bonchev–Trinajstić information content (AvgIpc) is 3.41. The van der Waals surface area contributed by atoms with Crippen LogP contribution in [-0.4, -0.2) is 70.5 Å². The SMILES string of the molecule is COc1ccc([C@H]2Sc3ccccc3[N+](C)(CCN(C)CCc3ccc4c(c3)OCO4)C(=O)[C@H]2OC(C)=O)cc1.[I-]. The molecule has 0 aliphatic carbocycles. The van der Waals surface area contributed by atoms with E-state index in [0.29, 0.717) is 13.1 Å². The minimum absolute atomic E-state index is 0. The van der Waals surface area contributed by atoms with Gasteiger partial charge in [-0.15, -0.1) is 11.8 Å². The molecule has 0 saturated carbocycles. The molecule has 10 heteroatoms. The van der Waals surface area contributed by atoms with Crippen LogP contribution >= 0.6 is 11.8 Å². The molecule has 5 rings (SSSR count). The number of nitrogens with zero attached hydrogens (tertiary/aromatic N) is 2. The first-order chi connectivity index (χ1) is 19.3. The molecule has 1 unspecified atom stereocenters. The second kappa shape index (κ2) is 13.5. The van der Waals surface area contributed by atoms with Crippen LogP contribution in [0.3, 0.4) is 0 Å². The molecule has 0 spiro atoms. The molecule has 8 nitrogen and oxygen atoms in total. The maximum atomic E-state index is 14.4. The number of fused-ring (bicyclic) bond motifs is 2. The summed E-state index contributed by atoms with van der Waals surface area (Å²) in [4.78, 5) is 29.9. The molecule has 3 aromatic rings. The molecule has 2 aliphatic rings. The molecular formula is C31H35IN2O6S. The molecule has 0 saturated heterocycles. The van der Waals surface area contributed by atoms with Crippen molar-refractivity contribution in [2.24, 2.45) is 0 Å². The fourth-order valence-electron chi connectivity index (χ4n) is 5.15. The van der Waals surface area contributed by atoms with Crippen molar-refractivity contribution in [2.75, 3.05) is 47.6 Å². The summed E-state index contributed by atoms with van der Waals surface area (Å²) < 4.78 is 22.1. The Labute approximate surface area is 262 Å². The summed E-state index contributed by atoms with van der Waals surface area (Å²) in [5, 5.41) is -0.396. The Morgan fingerprint density at radius 1 is 1.05 bits per heavy atom. The first kappa shape index (κ1) is 31.1. The predicted molar refractivity (Wildman–Crippen MR) is 155 cm³/mol. The molecule has 0 radical (unpaired) electrons. The first-order valence-corrected chi connectivity index (χ1v) is 14.2. The summed E-state index contributed by atoms with van der Waals surface area (Å²) >= 11 is 1.56.